The highest BCUT2D eigenvalue weighted by Crippen LogP contribution is 2.25. The Labute approximate surface area is 169 Å². The molecule has 4 rings (SSSR count). The maximum atomic E-state index is 13.3. The summed E-state index contributed by atoms with van der Waals surface area (Å²) in [6.07, 6.45) is 1.75. The number of carbonyl (C=O) groups excluding carboxylic acids is 1. The number of aromatic nitrogens is 3. The first kappa shape index (κ1) is 19.3. The van der Waals surface area contributed by atoms with E-state index in [-0.39, 0.29) is 17.8 Å². The van der Waals surface area contributed by atoms with Gasteiger partial charge in [-0.05, 0) is 49.2 Å². The van der Waals surface area contributed by atoms with Crippen molar-refractivity contribution in [3.8, 4) is 0 Å². The number of nitrogens with zero attached hydrogens (tertiary/aromatic N) is 5. The van der Waals surface area contributed by atoms with Gasteiger partial charge >= 0.3 is 0 Å². The minimum absolute atomic E-state index is 0.0114. The predicted molar refractivity (Wildman–Crippen MR) is 112 cm³/mol. The van der Waals surface area contributed by atoms with Crippen LogP contribution in [-0.2, 0) is 4.79 Å². The first-order valence-electron chi connectivity index (χ1n) is 9.79. The highest BCUT2D eigenvalue weighted by atomic mass is 19.1. The monoisotopic (exact) mass is 396 g/mol. The van der Waals surface area contributed by atoms with Gasteiger partial charge in [-0.25, -0.2) is 9.07 Å². The molecule has 0 aliphatic carbocycles. The van der Waals surface area contributed by atoms with Crippen LogP contribution in [0.2, 0.25) is 0 Å². The largest absolute Gasteiger partial charge is 0.378 e. The predicted octanol–water partition coefficient (Wildman–Crippen LogP) is 2.91. The van der Waals surface area contributed by atoms with E-state index in [4.69, 9.17) is 0 Å². The maximum Gasteiger partial charge on any atom is 0.238 e. The molecular weight excluding hydrogens is 371 g/mol. The Kier molecular flexibility index (Phi) is 5.44. The lowest BCUT2D eigenvalue weighted by atomic mass is 10.0. The number of benzene rings is 2. The van der Waals surface area contributed by atoms with Crippen LogP contribution in [0.1, 0.15) is 18.9 Å². The van der Waals surface area contributed by atoms with Crippen molar-refractivity contribution < 1.29 is 9.18 Å². The Balaban J connectivity index is 1.30. The molecule has 1 aromatic heterocycles. The molecule has 152 valence electrons. The molecular formula is C21H25FN6O. The number of carbonyl (C=O) groups is 1. The molecule has 7 nitrogen and oxygen atoms in total. The van der Waals surface area contributed by atoms with E-state index in [1.807, 2.05) is 47.9 Å². The van der Waals surface area contributed by atoms with Gasteiger partial charge in [0.05, 0.1) is 18.1 Å². The maximum absolute atomic E-state index is 13.3. The van der Waals surface area contributed by atoms with E-state index in [2.05, 4.69) is 20.5 Å². The number of rotatable bonds is 5. The number of piperidine rings is 1. The van der Waals surface area contributed by atoms with Gasteiger partial charge in [-0.15, -0.1) is 5.10 Å². The Hall–Kier alpha value is -3.00. The normalized spacial score (nSPS) is 15.6. The van der Waals surface area contributed by atoms with E-state index in [9.17, 15) is 9.18 Å². The molecule has 0 bridgehead atoms. The number of nitrogens with one attached hydrogen (secondary N) is 1. The summed E-state index contributed by atoms with van der Waals surface area (Å²) in [4.78, 5) is 16.6. The van der Waals surface area contributed by atoms with Gasteiger partial charge in [0.1, 0.15) is 11.3 Å². The summed E-state index contributed by atoms with van der Waals surface area (Å²) in [6, 6.07) is 12.6. The summed E-state index contributed by atoms with van der Waals surface area (Å²) < 4.78 is 15.2. The summed E-state index contributed by atoms with van der Waals surface area (Å²) in [5.41, 5.74) is 3.32. The van der Waals surface area contributed by atoms with Crippen LogP contribution in [0.4, 0.5) is 15.8 Å². The van der Waals surface area contributed by atoms with Gasteiger partial charge in [0.2, 0.25) is 5.91 Å². The number of hydrogen-bond acceptors (Lipinski definition) is 5. The molecule has 0 radical (unpaired) electrons. The van der Waals surface area contributed by atoms with E-state index in [1.165, 1.54) is 12.1 Å². The average Bonchev–Trinajstić information content (AvgIpc) is 3.12. The zero-order chi connectivity index (χ0) is 20.4. The molecule has 1 aliphatic rings. The number of likely N-dealkylation sites (tertiary alicyclic amines) is 1. The van der Waals surface area contributed by atoms with Crippen molar-refractivity contribution in [1.82, 2.24) is 19.9 Å². The Bertz CT molecular complexity index is 992. The molecule has 1 amide bonds. The quantitative estimate of drug-likeness (QED) is 0.718. The van der Waals surface area contributed by atoms with Crippen LogP contribution in [0.15, 0.2) is 42.5 Å². The lowest BCUT2D eigenvalue weighted by Gasteiger charge is -2.31. The Morgan fingerprint density at radius 1 is 1.17 bits per heavy atom. The first-order valence-corrected chi connectivity index (χ1v) is 9.79. The molecule has 8 heteroatoms. The van der Waals surface area contributed by atoms with Crippen LogP contribution in [-0.4, -0.2) is 59.5 Å². The molecule has 3 aromatic rings. The van der Waals surface area contributed by atoms with Crippen LogP contribution in [0.5, 0.6) is 0 Å². The van der Waals surface area contributed by atoms with Gasteiger partial charge in [0.25, 0.3) is 0 Å². The van der Waals surface area contributed by atoms with Crippen LogP contribution < -0.4 is 10.2 Å². The lowest BCUT2D eigenvalue weighted by molar-refractivity contribution is -0.117. The third kappa shape index (κ3) is 4.37. The Morgan fingerprint density at radius 3 is 2.59 bits per heavy atom. The van der Waals surface area contributed by atoms with Crippen LogP contribution in [0.25, 0.3) is 11.0 Å². The number of hydrogen-bond donors (Lipinski definition) is 1. The number of amides is 1. The van der Waals surface area contributed by atoms with E-state index < -0.39 is 0 Å². The number of anilines is 2. The zero-order valence-electron chi connectivity index (χ0n) is 16.7. The standard InChI is InChI=1S/C21H25FN6O/c1-26(2)17-6-4-16(5-7-17)23-21(29)14-27-11-9-18(10-12-27)28-20-8-3-15(22)13-19(20)24-25-28/h3-8,13,18H,9-12,14H2,1-2H3,(H,23,29). The van der Waals surface area contributed by atoms with Gasteiger partial charge in [-0.3, -0.25) is 9.69 Å². The summed E-state index contributed by atoms with van der Waals surface area (Å²) in [5, 5.41) is 11.3. The molecule has 1 saturated heterocycles. The minimum Gasteiger partial charge on any atom is -0.378 e. The molecule has 1 aliphatic heterocycles. The number of halogens is 1. The molecule has 0 atom stereocenters. The first-order chi connectivity index (χ1) is 14.0. The highest BCUT2D eigenvalue weighted by molar-refractivity contribution is 5.92. The molecule has 0 unspecified atom stereocenters. The van der Waals surface area contributed by atoms with Crippen molar-refractivity contribution in [3.05, 3.63) is 48.3 Å². The molecule has 2 aromatic carbocycles. The third-order valence-corrected chi connectivity index (χ3v) is 5.37. The Morgan fingerprint density at radius 2 is 1.90 bits per heavy atom. The summed E-state index contributed by atoms with van der Waals surface area (Å²) >= 11 is 0. The zero-order valence-corrected chi connectivity index (χ0v) is 16.7. The third-order valence-electron chi connectivity index (χ3n) is 5.37. The summed E-state index contributed by atoms with van der Waals surface area (Å²) in [5.74, 6) is -0.315. The van der Waals surface area contributed by atoms with Gasteiger partial charge in [-0.1, -0.05) is 5.21 Å². The number of fused-ring (bicyclic) bond motifs is 1. The van der Waals surface area contributed by atoms with Crippen molar-refractivity contribution in [2.75, 3.05) is 43.9 Å². The van der Waals surface area contributed by atoms with E-state index in [0.29, 0.717) is 12.1 Å². The minimum atomic E-state index is -0.304. The second-order valence-electron chi connectivity index (χ2n) is 7.66. The topological polar surface area (TPSA) is 66.3 Å². The van der Waals surface area contributed by atoms with Crippen LogP contribution >= 0.6 is 0 Å². The van der Waals surface area contributed by atoms with E-state index in [1.54, 1.807) is 6.07 Å². The van der Waals surface area contributed by atoms with Gasteiger partial charge < -0.3 is 10.2 Å². The van der Waals surface area contributed by atoms with Crippen molar-refractivity contribution in [3.63, 3.8) is 0 Å². The highest BCUT2D eigenvalue weighted by Gasteiger charge is 2.24. The summed E-state index contributed by atoms with van der Waals surface area (Å²) in [7, 11) is 3.97. The molecule has 0 saturated carbocycles. The fraction of sp³-hybridized carbons (Fsp3) is 0.381. The molecule has 1 N–H and O–H groups in total. The van der Waals surface area contributed by atoms with Crippen molar-refractivity contribution >= 4 is 28.3 Å². The molecule has 2 heterocycles. The van der Waals surface area contributed by atoms with Crippen molar-refractivity contribution in [2.45, 2.75) is 18.9 Å². The second kappa shape index (κ2) is 8.16. The lowest BCUT2D eigenvalue weighted by Crippen LogP contribution is -2.39. The average molecular weight is 396 g/mol. The fourth-order valence-electron chi connectivity index (χ4n) is 3.75. The van der Waals surface area contributed by atoms with Gasteiger partial charge in [0.15, 0.2) is 0 Å². The smallest absolute Gasteiger partial charge is 0.238 e. The van der Waals surface area contributed by atoms with E-state index >= 15 is 0 Å². The van der Waals surface area contributed by atoms with Crippen LogP contribution in [0, 0.1) is 5.82 Å². The second-order valence-corrected chi connectivity index (χ2v) is 7.66. The molecule has 0 spiro atoms. The summed E-state index contributed by atoms with van der Waals surface area (Å²) in [6.45, 7) is 1.98. The molecule has 29 heavy (non-hydrogen) atoms. The van der Waals surface area contributed by atoms with E-state index in [0.717, 1.165) is 42.8 Å². The van der Waals surface area contributed by atoms with Gasteiger partial charge in [0, 0.05) is 44.6 Å². The van der Waals surface area contributed by atoms with Crippen LogP contribution in [0.3, 0.4) is 0 Å². The van der Waals surface area contributed by atoms with Crippen molar-refractivity contribution in [2.24, 2.45) is 0 Å². The molecule has 1 fully saturated rings. The fourth-order valence-corrected chi connectivity index (χ4v) is 3.75. The van der Waals surface area contributed by atoms with Gasteiger partial charge in [-0.2, -0.15) is 0 Å². The van der Waals surface area contributed by atoms with Crippen molar-refractivity contribution in [1.29, 1.82) is 0 Å². The SMILES string of the molecule is CN(C)c1ccc(NC(=O)CN2CCC(n3nnc4cc(F)ccc43)CC2)cc1.